The Labute approximate surface area is 130 Å². The minimum Gasteiger partial charge on any atom is -0.468 e. The summed E-state index contributed by atoms with van der Waals surface area (Å²) < 4.78 is 4.94. The molecule has 0 amide bonds. The Morgan fingerprint density at radius 3 is 2.43 bits per heavy atom. The Hall–Kier alpha value is -0.610. The van der Waals surface area contributed by atoms with Gasteiger partial charge in [-0.3, -0.25) is 4.79 Å². The van der Waals surface area contributed by atoms with E-state index in [1.807, 2.05) is 14.0 Å². The quantitative estimate of drug-likeness (QED) is 0.665. The lowest BCUT2D eigenvalue weighted by Gasteiger charge is -2.33. The van der Waals surface area contributed by atoms with Gasteiger partial charge in [0, 0.05) is 12.6 Å². The van der Waals surface area contributed by atoms with Crippen molar-refractivity contribution in [3.63, 3.8) is 0 Å². The van der Waals surface area contributed by atoms with Crippen LogP contribution in [0.3, 0.4) is 0 Å². The second-order valence-electron chi connectivity index (χ2n) is 6.98. The van der Waals surface area contributed by atoms with Crippen molar-refractivity contribution in [3.8, 4) is 0 Å². The molecule has 1 aliphatic carbocycles. The van der Waals surface area contributed by atoms with E-state index in [1.165, 1.54) is 39.2 Å². The first kappa shape index (κ1) is 18.4. The molecule has 0 aliphatic heterocycles. The van der Waals surface area contributed by atoms with Gasteiger partial charge in [0.05, 0.1) is 7.11 Å². The third-order valence-electron chi connectivity index (χ3n) is 4.92. The van der Waals surface area contributed by atoms with Gasteiger partial charge in [-0.15, -0.1) is 0 Å². The van der Waals surface area contributed by atoms with Crippen LogP contribution >= 0.6 is 0 Å². The third kappa shape index (κ3) is 5.59. The van der Waals surface area contributed by atoms with Crippen LogP contribution in [0.15, 0.2) is 0 Å². The summed E-state index contributed by atoms with van der Waals surface area (Å²) in [6.07, 6.45) is 7.35. The topological polar surface area (TPSA) is 41.6 Å². The lowest BCUT2D eigenvalue weighted by atomic mass is 9.97. The van der Waals surface area contributed by atoms with Gasteiger partial charge >= 0.3 is 5.97 Å². The van der Waals surface area contributed by atoms with Crippen LogP contribution in [0.2, 0.25) is 0 Å². The summed E-state index contributed by atoms with van der Waals surface area (Å²) in [5.41, 5.74) is -0.580. The maximum Gasteiger partial charge on any atom is 0.325 e. The zero-order valence-electron chi connectivity index (χ0n) is 14.6. The SMILES string of the molecule is CNC(C)(CCN(CCC(C)C)C1CCCC1)C(=O)OC. The number of esters is 1. The number of likely N-dealkylation sites (N-methyl/N-ethyl adjacent to an activating group) is 1. The van der Waals surface area contributed by atoms with Gasteiger partial charge in [0.2, 0.25) is 0 Å². The molecule has 0 heterocycles. The molecule has 1 saturated carbocycles. The van der Waals surface area contributed by atoms with Gasteiger partial charge in [0.25, 0.3) is 0 Å². The van der Waals surface area contributed by atoms with Gasteiger partial charge in [-0.2, -0.15) is 0 Å². The largest absolute Gasteiger partial charge is 0.468 e. The van der Waals surface area contributed by atoms with E-state index in [9.17, 15) is 4.79 Å². The Bertz CT molecular complexity index is 314. The van der Waals surface area contributed by atoms with E-state index in [1.54, 1.807) is 0 Å². The highest BCUT2D eigenvalue weighted by atomic mass is 16.5. The van der Waals surface area contributed by atoms with Crippen LogP contribution in [0.5, 0.6) is 0 Å². The fourth-order valence-corrected chi connectivity index (χ4v) is 3.09. The van der Waals surface area contributed by atoms with E-state index < -0.39 is 5.54 Å². The zero-order valence-corrected chi connectivity index (χ0v) is 14.6. The Kier molecular flexibility index (Phi) is 7.67. The first-order valence-corrected chi connectivity index (χ1v) is 8.44. The molecule has 0 aromatic heterocycles. The maximum atomic E-state index is 12.0. The van der Waals surface area contributed by atoms with Crippen molar-refractivity contribution in [1.82, 2.24) is 10.2 Å². The van der Waals surface area contributed by atoms with Gasteiger partial charge in [0.15, 0.2) is 0 Å². The fraction of sp³-hybridized carbons (Fsp3) is 0.941. The average molecular weight is 298 g/mol. The molecule has 0 aromatic carbocycles. The van der Waals surface area contributed by atoms with Crippen LogP contribution in [0, 0.1) is 5.92 Å². The second-order valence-corrected chi connectivity index (χ2v) is 6.98. The van der Waals surface area contributed by atoms with Gasteiger partial charge in [-0.1, -0.05) is 26.7 Å². The number of methoxy groups -OCH3 is 1. The van der Waals surface area contributed by atoms with Gasteiger partial charge in [-0.25, -0.2) is 0 Å². The molecule has 0 saturated heterocycles. The summed E-state index contributed by atoms with van der Waals surface area (Å²) in [4.78, 5) is 14.6. The van der Waals surface area contributed by atoms with Crippen molar-refractivity contribution in [2.75, 3.05) is 27.2 Å². The number of nitrogens with zero attached hydrogens (tertiary/aromatic N) is 1. The standard InChI is InChI=1S/C17H34N2O2/c1-14(2)10-12-19(15-8-6-7-9-15)13-11-17(3,18-4)16(20)21-5/h14-15,18H,6-13H2,1-5H3. The highest BCUT2D eigenvalue weighted by molar-refractivity contribution is 5.80. The number of hydrogen-bond donors (Lipinski definition) is 1. The highest BCUT2D eigenvalue weighted by Gasteiger charge is 2.34. The molecule has 1 atom stereocenters. The molecule has 0 aromatic rings. The summed E-state index contributed by atoms with van der Waals surface area (Å²) in [6, 6.07) is 0.711. The Morgan fingerprint density at radius 1 is 1.33 bits per heavy atom. The van der Waals surface area contributed by atoms with Crippen LogP contribution in [-0.4, -0.2) is 49.7 Å². The summed E-state index contributed by atoms with van der Waals surface area (Å²) in [5.74, 6) is 0.561. The molecule has 1 N–H and O–H groups in total. The van der Waals surface area contributed by atoms with Gasteiger partial charge in [0.1, 0.15) is 5.54 Å². The Morgan fingerprint density at radius 2 is 1.95 bits per heavy atom. The molecular formula is C17H34N2O2. The van der Waals surface area contributed by atoms with Crippen LogP contribution in [0.4, 0.5) is 0 Å². The smallest absolute Gasteiger partial charge is 0.325 e. The predicted octanol–water partition coefficient (Wildman–Crippen LogP) is 2.82. The summed E-state index contributed by atoms with van der Waals surface area (Å²) in [6.45, 7) is 8.60. The highest BCUT2D eigenvalue weighted by Crippen LogP contribution is 2.25. The van der Waals surface area contributed by atoms with Crippen molar-refractivity contribution < 1.29 is 9.53 Å². The van der Waals surface area contributed by atoms with Crippen LogP contribution in [0.1, 0.15) is 59.3 Å². The molecule has 124 valence electrons. The number of carbonyl (C=O) groups is 1. The zero-order chi connectivity index (χ0) is 15.9. The van der Waals surface area contributed by atoms with Crippen molar-refractivity contribution in [1.29, 1.82) is 0 Å². The first-order valence-electron chi connectivity index (χ1n) is 8.44. The summed E-state index contributed by atoms with van der Waals surface area (Å²) in [7, 11) is 3.30. The monoisotopic (exact) mass is 298 g/mol. The maximum absolute atomic E-state index is 12.0. The molecule has 4 nitrogen and oxygen atoms in total. The molecule has 0 spiro atoms. The number of hydrogen-bond acceptors (Lipinski definition) is 4. The van der Waals surface area contributed by atoms with E-state index in [2.05, 4.69) is 24.1 Å². The summed E-state index contributed by atoms with van der Waals surface area (Å²) >= 11 is 0. The van der Waals surface area contributed by atoms with E-state index >= 15 is 0 Å². The van der Waals surface area contributed by atoms with Crippen LogP contribution < -0.4 is 5.32 Å². The van der Waals surface area contributed by atoms with Gasteiger partial charge < -0.3 is 15.0 Å². The van der Waals surface area contributed by atoms with Crippen molar-refractivity contribution >= 4 is 5.97 Å². The minimum atomic E-state index is -0.580. The number of rotatable bonds is 9. The van der Waals surface area contributed by atoms with Crippen molar-refractivity contribution in [2.45, 2.75) is 70.9 Å². The third-order valence-corrected chi connectivity index (χ3v) is 4.92. The number of carbonyl (C=O) groups excluding carboxylic acids is 1. The summed E-state index contributed by atoms with van der Waals surface area (Å²) in [5, 5.41) is 3.14. The number of ether oxygens (including phenoxy) is 1. The van der Waals surface area contributed by atoms with Crippen molar-refractivity contribution in [2.24, 2.45) is 5.92 Å². The number of nitrogens with one attached hydrogen (secondary N) is 1. The molecule has 4 heteroatoms. The van der Waals surface area contributed by atoms with Crippen LogP contribution in [0.25, 0.3) is 0 Å². The molecule has 1 aliphatic rings. The molecule has 1 unspecified atom stereocenters. The van der Waals surface area contributed by atoms with E-state index in [-0.39, 0.29) is 5.97 Å². The fourth-order valence-electron chi connectivity index (χ4n) is 3.09. The second kappa shape index (κ2) is 8.74. The average Bonchev–Trinajstić information content (AvgIpc) is 2.99. The Balaban J connectivity index is 2.60. The van der Waals surface area contributed by atoms with E-state index in [0.29, 0.717) is 6.04 Å². The lowest BCUT2D eigenvalue weighted by Crippen LogP contribution is -2.51. The van der Waals surface area contributed by atoms with Crippen LogP contribution in [-0.2, 0) is 9.53 Å². The molecular weight excluding hydrogens is 264 g/mol. The van der Waals surface area contributed by atoms with Gasteiger partial charge in [-0.05, 0) is 52.1 Å². The normalized spacial score (nSPS) is 19.2. The predicted molar refractivity (Wildman–Crippen MR) is 87.4 cm³/mol. The molecule has 0 radical (unpaired) electrons. The first-order chi connectivity index (χ1) is 9.92. The molecule has 1 rings (SSSR count). The van der Waals surface area contributed by atoms with E-state index in [4.69, 9.17) is 4.74 Å². The molecule has 1 fully saturated rings. The minimum absolute atomic E-state index is 0.166. The molecule has 21 heavy (non-hydrogen) atoms. The lowest BCUT2D eigenvalue weighted by molar-refractivity contribution is -0.148. The molecule has 0 bridgehead atoms. The van der Waals surface area contributed by atoms with Crippen molar-refractivity contribution in [3.05, 3.63) is 0 Å². The van der Waals surface area contributed by atoms with E-state index in [0.717, 1.165) is 25.4 Å².